The van der Waals surface area contributed by atoms with Gasteiger partial charge in [-0.25, -0.2) is 0 Å². The summed E-state index contributed by atoms with van der Waals surface area (Å²) in [6.07, 6.45) is 22.8. The van der Waals surface area contributed by atoms with Gasteiger partial charge in [0.15, 0.2) is 0 Å². The molecule has 0 radical (unpaired) electrons. The lowest BCUT2D eigenvalue weighted by atomic mass is 9.81. The van der Waals surface area contributed by atoms with Crippen LogP contribution in [0.4, 0.5) is 0 Å². The average molecular weight is 327 g/mol. The first-order valence-electron chi connectivity index (χ1n) is 11.0. The number of hydrogen-bond donors (Lipinski definition) is 0. The van der Waals surface area contributed by atoms with Crippen LogP contribution in [0.2, 0.25) is 0 Å². The van der Waals surface area contributed by atoms with Gasteiger partial charge >= 0.3 is 0 Å². The lowest BCUT2D eigenvalue weighted by Gasteiger charge is -2.24. The first-order valence-corrected chi connectivity index (χ1v) is 11.0. The van der Waals surface area contributed by atoms with E-state index >= 15 is 0 Å². The molecule has 0 fully saturated rings. The molecular formula is C24H38. The van der Waals surface area contributed by atoms with Gasteiger partial charge in [0.2, 0.25) is 0 Å². The van der Waals surface area contributed by atoms with Crippen LogP contribution in [0.5, 0.6) is 0 Å². The highest BCUT2D eigenvalue weighted by molar-refractivity contribution is 5.47. The van der Waals surface area contributed by atoms with E-state index in [0.717, 1.165) is 5.92 Å². The molecule has 3 rings (SSSR count). The Labute approximate surface area is 150 Å². The zero-order chi connectivity index (χ0) is 16.6. The number of rotatable bonds is 11. The van der Waals surface area contributed by atoms with Crippen molar-refractivity contribution in [2.24, 2.45) is 0 Å². The van der Waals surface area contributed by atoms with Crippen molar-refractivity contribution in [1.29, 1.82) is 0 Å². The molecule has 0 aromatic heterocycles. The maximum absolute atomic E-state index is 2.48. The summed E-state index contributed by atoms with van der Waals surface area (Å²) >= 11 is 0. The third kappa shape index (κ3) is 4.64. The van der Waals surface area contributed by atoms with Gasteiger partial charge in [0.05, 0.1) is 0 Å². The van der Waals surface area contributed by atoms with Crippen LogP contribution >= 0.6 is 0 Å². The molecule has 1 atom stereocenters. The molecule has 0 aliphatic heterocycles. The molecule has 134 valence electrons. The second-order valence-corrected chi connectivity index (χ2v) is 8.34. The lowest BCUT2D eigenvalue weighted by molar-refractivity contribution is 0.546. The Morgan fingerprint density at radius 1 is 0.792 bits per heavy atom. The predicted molar refractivity (Wildman–Crippen MR) is 106 cm³/mol. The summed E-state index contributed by atoms with van der Waals surface area (Å²) in [5.74, 6) is 0.927. The van der Waals surface area contributed by atoms with E-state index in [9.17, 15) is 0 Å². The molecular weight excluding hydrogens is 288 g/mol. The molecule has 2 aliphatic rings. The quantitative estimate of drug-likeness (QED) is 0.369. The number of hydrogen-bond acceptors (Lipinski definition) is 0. The summed E-state index contributed by atoms with van der Waals surface area (Å²) in [5, 5.41) is 0. The van der Waals surface area contributed by atoms with Gasteiger partial charge in [0.1, 0.15) is 0 Å². The Morgan fingerprint density at radius 2 is 1.50 bits per heavy atom. The summed E-state index contributed by atoms with van der Waals surface area (Å²) < 4.78 is 0. The van der Waals surface area contributed by atoms with Crippen LogP contribution < -0.4 is 0 Å². The van der Waals surface area contributed by atoms with Gasteiger partial charge in [-0.1, -0.05) is 76.8 Å². The highest BCUT2D eigenvalue weighted by Gasteiger charge is 2.29. The fourth-order valence-corrected chi connectivity index (χ4v) is 5.11. The maximum Gasteiger partial charge on any atom is -0.0153 e. The van der Waals surface area contributed by atoms with Crippen LogP contribution in [-0.4, -0.2) is 0 Å². The van der Waals surface area contributed by atoms with Crippen molar-refractivity contribution in [2.45, 2.75) is 116 Å². The highest BCUT2D eigenvalue weighted by atomic mass is 14.3. The molecule has 0 heteroatoms. The second-order valence-electron chi connectivity index (χ2n) is 8.34. The third-order valence-electron chi connectivity index (χ3n) is 6.49. The fourth-order valence-electron chi connectivity index (χ4n) is 5.11. The molecule has 0 amide bonds. The van der Waals surface area contributed by atoms with E-state index in [2.05, 4.69) is 19.1 Å². The van der Waals surface area contributed by atoms with Gasteiger partial charge in [-0.2, -0.15) is 0 Å². The van der Waals surface area contributed by atoms with Crippen molar-refractivity contribution in [2.75, 3.05) is 0 Å². The van der Waals surface area contributed by atoms with E-state index in [1.54, 1.807) is 16.7 Å². The summed E-state index contributed by atoms with van der Waals surface area (Å²) in [6.45, 7) is 2.30. The van der Waals surface area contributed by atoms with Crippen LogP contribution in [0.15, 0.2) is 12.1 Å². The van der Waals surface area contributed by atoms with Gasteiger partial charge < -0.3 is 0 Å². The molecule has 1 aromatic carbocycles. The Bertz CT molecular complexity index is 499. The van der Waals surface area contributed by atoms with Crippen LogP contribution in [0.25, 0.3) is 0 Å². The molecule has 1 aromatic rings. The van der Waals surface area contributed by atoms with E-state index < -0.39 is 0 Å². The van der Waals surface area contributed by atoms with E-state index in [-0.39, 0.29) is 0 Å². The van der Waals surface area contributed by atoms with Crippen molar-refractivity contribution in [3.05, 3.63) is 34.4 Å². The first kappa shape index (κ1) is 18.0. The van der Waals surface area contributed by atoms with Crippen LogP contribution in [0.1, 0.15) is 119 Å². The van der Waals surface area contributed by atoms with Crippen molar-refractivity contribution >= 4 is 0 Å². The Balaban J connectivity index is 1.34. The molecule has 0 saturated carbocycles. The van der Waals surface area contributed by atoms with E-state index in [0.29, 0.717) is 0 Å². The minimum absolute atomic E-state index is 0.927. The molecule has 0 saturated heterocycles. The monoisotopic (exact) mass is 326 g/mol. The average Bonchev–Trinajstić information content (AvgIpc) is 3.03. The van der Waals surface area contributed by atoms with Crippen molar-refractivity contribution < 1.29 is 0 Å². The normalized spacial score (nSPS) is 18.8. The topological polar surface area (TPSA) is 0 Å². The van der Waals surface area contributed by atoms with Crippen LogP contribution in [0.3, 0.4) is 0 Å². The van der Waals surface area contributed by atoms with Crippen molar-refractivity contribution in [1.82, 2.24) is 0 Å². The number of aryl methyl sites for hydroxylation is 2. The Kier molecular flexibility index (Phi) is 7.24. The highest BCUT2D eigenvalue weighted by Crippen LogP contribution is 2.43. The minimum Gasteiger partial charge on any atom is -0.0654 e. The van der Waals surface area contributed by atoms with Crippen LogP contribution in [-0.2, 0) is 19.3 Å². The zero-order valence-electron chi connectivity index (χ0n) is 16.0. The summed E-state index contributed by atoms with van der Waals surface area (Å²) in [6, 6.07) is 4.95. The fraction of sp³-hybridized carbons (Fsp3) is 0.750. The molecule has 24 heavy (non-hydrogen) atoms. The van der Waals surface area contributed by atoms with Crippen LogP contribution in [0, 0.1) is 0 Å². The standard InChI is InChI=1S/C24H38/c1-2-3-4-5-6-7-8-9-10-11-13-20-16-17-22-19-18-21-14-12-15-23(20)24(21)22/h16-17,21H,2-15,18-19H2,1H3. The predicted octanol–water partition coefficient (Wildman–Crippen LogP) is 7.52. The molecule has 2 aliphatic carbocycles. The van der Waals surface area contributed by atoms with Gasteiger partial charge in [0.25, 0.3) is 0 Å². The summed E-state index contributed by atoms with van der Waals surface area (Å²) in [7, 11) is 0. The SMILES string of the molecule is CCCCCCCCCCCCc1ccc2c3c1CCCC3CC2. The molecule has 0 bridgehead atoms. The lowest BCUT2D eigenvalue weighted by Crippen LogP contribution is -2.09. The number of unbranched alkanes of at least 4 members (excludes halogenated alkanes) is 9. The Morgan fingerprint density at radius 3 is 2.25 bits per heavy atom. The molecule has 0 nitrogen and oxygen atoms in total. The minimum atomic E-state index is 0.927. The molecule has 0 heterocycles. The van der Waals surface area contributed by atoms with Gasteiger partial charge in [-0.3, -0.25) is 0 Å². The maximum atomic E-state index is 2.48. The number of benzene rings is 1. The van der Waals surface area contributed by atoms with Gasteiger partial charge in [-0.15, -0.1) is 0 Å². The second kappa shape index (κ2) is 9.64. The molecule has 0 N–H and O–H groups in total. The van der Waals surface area contributed by atoms with E-state index in [4.69, 9.17) is 0 Å². The summed E-state index contributed by atoms with van der Waals surface area (Å²) in [4.78, 5) is 0. The van der Waals surface area contributed by atoms with E-state index in [1.165, 1.54) is 103 Å². The summed E-state index contributed by atoms with van der Waals surface area (Å²) in [5.41, 5.74) is 7.00. The zero-order valence-corrected chi connectivity index (χ0v) is 16.0. The first-order chi connectivity index (χ1) is 11.9. The largest absolute Gasteiger partial charge is 0.0654 e. The smallest absolute Gasteiger partial charge is 0.0153 e. The van der Waals surface area contributed by atoms with Gasteiger partial charge in [0, 0.05) is 0 Å². The van der Waals surface area contributed by atoms with Crippen molar-refractivity contribution in [3.8, 4) is 0 Å². The Hall–Kier alpha value is -0.780. The van der Waals surface area contributed by atoms with E-state index in [1.807, 2.05) is 5.56 Å². The molecule has 0 spiro atoms. The third-order valence-corrected chi connectivity index (χ3v) is 6.49. The van der Waals surface area contributed by atoms with Gasteiger partial charge in [-0.05, 0) is 73.1 Å². The van der Waals surface area contributed by atoms with Crippen molar-refractivity contribution in [3.63, 3.8) is 0 Å². The molecule has 1 unspecified atom stereocenters.